The molecule has 0 aliphatic rings. The number of hydrogen-bond acceptors (Lipinski definition) is 5. The minimum Gasteiger partial charge on any atom is -0.432 e. The molecule has 0 unspecified atom stereocenters. The molecule has 33 heavy (non-hydrogen) atoms. The number of ketones is 1. The summed E-state index contributed by atoms with van der Waals surface area (Å²) in [6, 6.07) is 14.3. The second-order valence-electron chi connectivity index (χ2n) is 8.44. The van der Waals surface area contributed by atoms with E-state index in [2.05, 4.69) is 10.3 Å². The third kappa shape index (κ3) is 4.47. The maximum Gasteiger partial charge on any atom is 0.229 e. The van der Waals surface area contributed by atoms with Crippen molar-refractivity contribution in [3.05, 3.63) is 69.4 Å². The van der Waals surface area contributed by atoms with Crippen LogP contribution in [0.5, 0.6) is 0 Å². The Morgan fingerprint density at radius 3 is 2.24 bits per heavy atom. The number of fused-ring (bicyclic) bond motifs is 1. The Bertz CT molecular complexity index is 1400. The Morgan fingerprint density at radius 2 is 1.64 bits per heavy atom. The molecule has 9 heteroatoms. The molecule has 0 aliphatic carbocycles. The molecule has 2 heterocycles. The van der Waals surface area contributed by atoms with Gasteiger partial charge in [-0.1, -0.05) is 72.9 Å². The molecule has 0 amide bonds. The van der Waals surface area contributed by atoms with Gasteiger partial charge in [-0.15, -0.1) is 5.11 Å². The quantitative estimate of drug-likeness (QED) is 0.132. The number of aromatic nitrogens is 1. The van der Waals surface area contributed by atoms with Gasteiger partial charge in [0.25, 0.3) is 0 Å². The molecule has 2 aromatic heterocycles. The van der Waals surface area contributed by atoms with Crippen molar-refractivity contribution >= 4 is 57.4 Å². The van der Waals surface area contributed by atoms with Crippen molar-refractivity contribution in [3.8, 4) is 22.4 Å². The summed E-state index contributed by atoms with van der Waals surface area (Å²) >= 11 is 18.7. The van der Waals surface area contributed by atoms with Gasteiger partial charge in [0.05, 0.1) is 16.1 Å². The van der Waals surface area contributed by atoms with E-state index in [0.29, 0.717) is 31.7 Å². The first-order chi connectivity index (χ1) is 15.6. The molecule has 0 bridgehead atoms. The summed E-state index contributed by atoms with van der Waals surface area (Å²) in [4.78, 5) is 17.8. The topological polar surface area (TPSA) is 93.8 Å². The van der Waals surface area contributed by atoms with Crippen LogP contribution < -0.4 is 5.84 Å². The van der Waals surface area contributed by atoms with Crippen molar-refractivity contribution in [3.63, 3.8) is 0 Å². The van der Waals surface area contributed by atoms with E-state index >= 15 is 0 Å². The third-order valence-corrected chi connectivity index (χ3v) is 5.84. The van der Waals surface area contributed by atoms with Crippen LogP contribution in [0.1, 0.15) is 31.3 Å². The second-order valence-corrected chi connectivity index (χ2v) is 9.72. The lowest BCUT2D eigenvalue weighted by Gasteiger charge is -2.14. The molecule has 0 aliphatic heterocycles. The van der Waals surface area contributed by atoms with Crippen molar-refractivity contribution in [1.82, 2.24) is 4.98 Å². The van der Waals surface area contributed by atoms with Crippen molar-refractivity contribution in [1.29, 1.82) is 0 Å². The minimum absolute atomic E-state index is 0.0422. The van der Waals surface area contributed by atoms with Gasteiger partial charge in [-0.2, -0.15) is 0 Å². The fourth-order valence-corrected chi connectivity index (χ4v) is 4.02. The average molecular weight is 502 g/mol. The highest BCUT2D eigenvalue weighted by atomic mass is 35.5. The van der Waals surface area contributed by atoms with E-state index in [9.17, 15) is 4.79 Å². The number of rotatable bonds is 4. The largest absolute Gasteiger partial charge is 0.432 e. The van der Waals surface area contributed by atoms with Gasteiger partial charge >= 0.3 is 0 Å². The molecule has 0 saturated heterocycles. The third-order valence-electron chi connectivity index (χ3n) is 5.04. The van der Waals surface area contributed by atoms with Crippen molar-refractivity contribution in [2.24, 2.45) is 21.6 Å². The summed E-state index contributed by atoms with van der Waals surface area (Å²) in [6.07, 6.45) is 0. The molecule has 6 nitrogen and oxygen atoms in total. The fraction of sp³-hybridized carbons (Fsp3) is 0.167. The standard InChI is InChI=1S/C24H19Cl3N4O2/c1-24(2,3)22(32)21-20(30-31-28)17-11-16(12-4-6-13(25)7-5-12)19(29-23(17)33-21)15-9-8-14(26)10-18(15)27/h4-11H,1-3H3,(H2,28,30). The van der Waals surface area contributed by atoms with Crippen LogP contribution in [0.25, 0.3) is 33.5 Å². The predicted octanol–water partition coefficient (Wildman–Crippen LogP) is 8.31. The highest BCUT2D eigenvalue weighted by Gasteiger charge is 2.31. The molecule has 0 atom stereocenters. The number of Topliss-reactive ketones (excluding diaryl/α,β-unsaturated/α-hetero) is 1. The van der Waals surface area contributed by atoms with Crippen molar-refractivity contribution < 1.29 is 9.21 Å². The van der Waals surface area contributed by atoms with Crippen LogP contribution in [-0.2, 0) is 0 Å². The number of carbonyl (C=O) groups excluding carboxylic acids is 1. The summed E-state index contributed by atoms with van der Waals surface area (Å²) in [5, 5.41) is 9.41. The first-order valence-electron chi connectivity index (χ1n) is 9.95. The van der Waals surface area contributed by atoms with Gasteiger partial charge in [-0.25, -0.2) is 4.98 Å². The van der Waals surface area contributed by atoms with Crippen LogP contribution in [0.2, 0.25) is 15.1 Å². The SMILES string of the molecule is CC(C)(C)C(=O)c1oc2nc(-c3ccc(Cl)cc3Cl)c(-c3ccc(Cl)cc3)cc2c1N=NN. The smallest absolute Gasteiger partial charge is 0.229 e. The number of benzene rings is 2. The highest BCUT2D eigenvalue weighted by Crippen LogP contribution is 2.43. The second kappa shape index (κ2) is 8.78. The minimum atomic E-state index is -0.714. The molecule has 168 valence electrons. The zero-order valence-electron chi connectivity index (χ0n) is 18.0. The first-order valence-corrected chi connectivity index (χ1v) is 11.1. The van der Waals surface area contributed by atoms with Crippen LogP contribution in [0.3, 0.4) is 0 Å². The summed E-state index contributed by atoms with van der Waals surface area (Å²) in [6.45, 7) is 5.37. The molecule has 2 aromatic carbocycles. The van der Waals surface area contributed by atoms with E-state index in [0.717, 1.165) is 11.1 Å². The van der Waals surface area contributed by atoms with Gasteiger partial charge in [0, 0.05) is 26.6 Å². The summed E-state index contributed by atoms with van der Waals surface area (Å²) < 4.78 is 5.92. The number of furan rings is 1. The Hall–Kier alpha value is -2.93. The maximum absolute atomic E-state index is 13.1. The van der Waals surface area contributed by atoms with Crippen LogP contribution >= 0.6 is 34.8 Å². The molecule has 0 spiro atoms. The van der Waals surface area contributed by atoms with Gasteiger partial charge in [0.15, 0.2) is 0 Å². The van der Waals surface area contributed by atoms with Crippen LogP contribution in [0, 0.1) is 5.41 Å². The van der Waals surface area contributed by atoms with Crippen LogP contribution in [0.4, 0.5) is 5.69 Å². The van der Waals surface area contributed by atoms with E-state index < -0.39 is 5.41 Å². The molecule has 4 aromatic rings. The Labute approximate surface area is 205 Å². The summed E-state index contributed by atoms with van der Waals surface area (Å²) in [7, 11) is 0. The lowest BCUT2D eigenvalue weighted by Crippen LogP contribution is -2.19. The normalized spacial score (nSPS) is 12.1. The highest BCUT2D eigenvalue weighted by molar-refractivity contribution is 6.36. The van der Waals surface area contributed by atoms with Crippen LogP contribution in [0.15, 0.2) is 63.3 Å². The van der Waals surface area contributed by atoms with Gasteiger partial charge in [0.2, 0.25) is 17.3 Å². The monoisotopic (exact) mass is 500 g/mol. The van der Waals surface area contributed by atoms with Gasteiger partial charge in [-0.3, -0.25) is 4.79 Å². The fourth-order valence-electron chi connectivity index (χ4n) is 3.40. The number of hydrogen-bond donors (Lipinski definition) is 1. The lowest BCUT2D eigenvalue weighted by atomic mass is 9.89. The van der Waals surface area contributed by atoms with Crippen molar-refractivity contribution in [2.45, 2.75) is 20.8 Å². The molecule has 0 fully saturated rings. The molecular formula is C24H19Cl3N4O2. The Balaban J connectivity index is 2.08. The van der Waals surface area contributed by atoms with E-state index in [4.69, 9.17) is 50.0 Å². The number of pyridine rings is 1. The molecule has 0 saturated carbocycles. The summed E-state index contributed by atoms with van der Waals surface area (Å²) in [5.41, 5.74) is 2.48. The summed E-state index contributed by atoms with van der Waals surface area (Å²) in [5.74, 6) is 5.14. The Kier molecular flexibility index (Phi) is 6.18. The first kappa shape index (κ1) is 23.2. The zero-order chi connectivity index (χ0) is 23.9. The number of carbonyl (C=O) groups is 1. The molecule has 2 N–H and O–H groups in total. The average Bonchev–Trinajstić information content (AvgIpc) is 3.10. The molecule has 4 rings (SSSR count). The number of nitrogens with two attached hydrogens (primary N) is 1. The zero-order valence-corrected chi connectivity index (χ0v) is 20.3. The van der Waals surface area contributed by atoms with Crippen molar-refractivity contribution in [2.75, 3.05) is 0 Å². The molecular weight excluding hydrogens is 483 g/mol. The maximum atomic E-state index is 13.1. The lowest BCUT2D eigenvalue weighted by molar-refractivity contribution is 0.0831. The van der Waals surface area contributed by atoms with E-state index in [-0.39, 0.29) is 22.9 Å². The Morgan fingerprint density at radius 1 is 0.970 bits per heavy atom. The van der Waals surface area contributed by atoms with E-state index in [1.54, 1.807) is 51.1 Å². The molecule has 0 radical (unpaired) electrons. The van der Waals surface area contributed by atoms with Gasteiger partial charge in [-0.05, 0) is 42.0 Å². The number of nitrogens with zero attached hydrogens (tertiary/aromatic N) is 3. The predicted molar refractivity (Wildman–Crippen MR) is 132 cm³/mol. The van der Waals surface area contributed by atoms with Crippen LogP contribution in [-0.4, -0.2) is 10.8 Å². The van der Waals surface area contributed by atoms with E-state index in [1.165, 1.54) is 0 Å². The number of halogens is 3. The van der Waals surface area contributed by atoms with Gasteiger partial charge < -0.3 is 10.3 Å². The van der Waals surface area contributed by atoms with Gasteiger partial charge in [0.1, 0.15) is 5.69 Å². The van der Waals surface area contributed by atoms with E-state index in [1.807, 2.05) is 18.2 Å².